The zero-order chi connectivity index (χ0) is 41.1. The number of alkyl halides is 3. The van der Waals surface area contributed by atoms with Crippen LogP contribution in [0.1, 0.15) is 41.5 Å². The Kier molecular flexibility index (Phi) is 7.19. The number of hydrogen-bond acceptors (Lipinski definition) is 3. The molecule has 5 aromatic carbocycles. The largest absolute Gasteiger partial charge is 0.500 e. The van der Waals surface area contributed by atoms with Crippen LogP contribution in [0.15, 0.2) is 120 Å². The van der Waals surface area contributed by atoms with Gasteiger partial charge in [-0.25, -0.2) is 0 Å². The summed E-state index contributed by atoms with van der Waals surface area (Å²) in [6, 6.07) is 36.0. The van der Waals surface area contributed by atoms with Crippen molar-refractivity contribution >= 4 is 43.5 Å². The molecule has 3 nitrogen and oxygen atoms in total. The predicted molar refractivity (Wildman–Crippen MR) is 192 cm³/mol. The van der Waals surface area contributed by atoms with E-state index < -0.39 is 31.7 Å². The summed E-state index contributed by atoms with van der Waals surface area (Å²) in [5.41, 5.74) is 0.771. The van der Waals surface area contributed by atoms with E-state index in [1.54, 1.807) is 18.2 Å². The van der Waals surface area contributed by atoms with E-state index in [4.69, 9.17) is 15.4 Å². The number of fused-ring (bicyclic) bond motifs is 7. The molecule has 1 radical (unpaired) electrons. The van der Waals surface area contributed by atoms with Gasteiger partial charge in [0, 0.05) is 54.2 Å². The number of aromatic nitrogens is 2. The smallest absolute Gasteiger partial charge is 0.394 e. The van der Waals surface area contributed by atoms with Gasteiger partial charge in [0.25, 0.3) is 0 Å². The molecule has 0 saturated heterocycles. The summed E-state index contributed by atoms with van der Waals surface area (Å²) < 4.78 is 108. The van der Waals surface area contributed by atoms with Crippen molar-refractivity contribution < 1.29 is 48.7 Å². The molecule has 0 aliphatic carbocycles. The third-order valence-corrected chi connectivity index (χ3v) is 8.34. The van der Waals surface area contributed by atoms with Crippen LogP contribution < -0.4 is 0 Å². The fourth-order valence-corrected chi connectivity index (χ4v) is 5.69. The van der Waals surface area contributed by atoms with E-state index in [1.807, 2.05) is 48.5 Å². The van der Waals surface area contributed by atoms with Crippen molar-refractivity contribution in [2.24, 2.45) is 5.41 Å². The number of aryl methyl sites for hydroxylation is 2. The molecule has 50 heavy (non-hydrogen) atoms. The second-order valence-corrected chi connectivity index (χ2v) is 12.1. The molecular formula is C43H33F3IrN2O-2. The molecule has 0 aliphatic rings. The van der Waals surface area contributed by atoms with Crippen LogP contribution in [0.4, 0.5) is 13.2 Å². The molecule has 0 bridgehead atoms. The molecule has 0 N–H and O–H groups in total. The molecule has 8 rings (SSSR count). The SMILES string of the molecule is [2H]C([2H])([2H])c1c[c-]c(-c2ccc(C([2H])([2H])[2H])cn2)cc1.[2H]C([2H])(c1ccnc(-c2[c-]ccc3c2oc2c3ccc3ccc4ccccc4c32)c1)C(C)(C)C(F)(F)F.[Ir]. The van der Waals surface area contributed by atoms with E-state index in [9.17, 15) is 13.2 Å². The van der Waals surface area contributed by atoms with Gasteiger partial charge >= 0.3 is 6.18 Å². The van der Waals surface area contributed by atoms with Crippen LogP contribution >= 0.6 is 0 Å². The first-order valence-corrected chi connectivity index (χ1v) is 15.4. The molecule has 3 aromatic heterocycles. The Balaban J connectivity index is 0.000000230. The van der Waals surface area contributed by atoms with Gasteiger partial charge in [-0.05, 0) is 52.4 Å². The zero-order valence-corrected chi connectivity index (χ0v) is 29.1. The number of benzene rings is 5. The zero-order valence-electron chi connectivity index (χ0n) is 34.7. The Bertz CT molecular complexity index is 2710. The van der Waals surface area contributed by atoms with E-state index in [0.717, 1.165) is 46.2 Å². The van der Waals surface area contributed by atoms with Gasteiger partial charge in [0.05, 0.1) is 11.0 Å². The first kappa shape index (κ1) is 26.0. The standard InChI is InChI=1S/C30H21F3NO.C13H12N.Ir/c1-29(2,30(31,32)33)17-18-14-15-34-25(16-18)24-9-5-8-22-23-13-12-20-11-10-19-6-3-4-7-21(19)26(20)28(23)35-27(22)24;1-10-3-6-12(7-4-10)13-8-5-11(2)9-14-13;/h3-8,10-16H,17H2,1-2H3;3-6,8-9H,1-2H3;/q2*-1;/i17D2;1D3,2D3;. The van der Waals surface area contributed by atoms with Gasteiger partial charge in [-0.15, -0.1) is 53.6 Å². The van der Waals surface area contributed by atoms with E-state index in [0.29, 0.717) is 28.0 Å². The van der Waals surface area contributed by atoms with Gasteiger partial charge in [0.15, 0.2) is 0 Å². The van der Waals surface area contributed by atoms with E-state index in [1.165, 1.54) is 42.7 Å². The maximum Gasteiger partial charge on any atom is 0.394 e. The third kappa shape index (κ3) is 6.81. The minimum Gasteiger partial charge on any atom is -0.500 e. The number of furan rings is 1. The molecule has 0 atom stereocenters. The first-order valence-electron chi connectivity index (χ1n) is 19.4. The third-order valence-electron chi connectivity index (χ3n) is 8.34. The molecule has 3 heterocycles. The van der Waals surface area contributed by atoms with Gasteiger partial charge in [-0.1, -0.05) is 104 Å². The molecule has 7 heteroatoms. The summed E-state index contributed by atoms with van der Waals surface area (Å²) >= 11 is 0. The maximum absolute atomic E-state index is 13.7. The molecule has 0 amide bonds. The Hall–Kier alpha value is -4.84. The van der Waals surface area contributed by atoms with Gasteiger partial charge in [-0.2, -0.15) is 13.2 Å². The Morgan fingerprint density at radius 3 is 2.26 bits per heavy atom. The van der Waals surface area contributed by atoms with Gasteiger partial charge in [-0.3, -0.25) is 0 Å². The van der Waals surface area contributed by atoms with Crippen LogP contribution in [-0.4, -0.2) is 16.1 Å². The predicted octanol–water partition coefficient (Wildman–Crippen LogP) is 12.0. The van der Waals surface area contributed by atoms with Crippen molar-refractivity contribution in [3.05, 3.63) is 144 Å². The molecule has 0 spiro atoms. The molecule has 0 saturated carbocycles. The molecule has 0 fully saturated rings. The molecule has 0 aliphatic heterocycles. The molecule has 0 unspecified atom stereocenters. The van der Waals surface area contributed by atoms with Crippen molar-refractivity contribution in [3.8, 4) is 22.5 Å². The number of nitrogens with zero attached hydrogens (tertiary/aromatic N) is 2. The monoisotopic (exact) mass is 851 g/mol. The summed E-state index contributed by atoms with van der Waals surface area (Å²) in [6.07, 6.45) is -4.81. The van der Waals surface area contributed by atoms with Crippen molar-refractivity contribution in [1.29, 1.82) is 0 Å². The topological polar surface area (TPSA) is 38.9 Å². The van der Waals surface area contributed by atoms with Crippen molar-refractivity contribution in [2.45, 2.75) is 40.1 Å². The van der Waals surface area contributed by atoms with Crippen LogP contribution in [0, 0.1) is 31.3 Å². The summed E-state index contributed by atoms with van der Waals surface area (Å²) in [7, 11) is 0. The average molecular weight is 851 g/mol. The summed E-state index contributed by atoms with van der Waals surface area (Å²) in [5.74, 6) is 0. The maximum atomic E-state index is 13.7. The second-order valence-electron chi connectivity index (χ2n) is 12.1. The fraction of sp³-hybridized carbons (Fsp3) is 0.163. The number of pyridine rings is 2. The number of halogens is 3. The second kappa shape index (κ2) is 13.8. The van der Waals surface area contributed by atoms with E-state index in [2.05, 4.69) is 28.2 Å². The first-order chi connectivity index (χ1) is 26.7. The Morgan fingerprint density at radius 1 is 0.760 bits per heavy atom. The normalized spacial score (nSPS) is 15.0. The minimum atomic E-state index is -4.74. The summed E-state index contributed by atoms with van der Waals surface area (Å²) in [6.45, 7) is -2.60. The molecule has 8 aromatic rings. The van der Waals surface area contributed by atoms with Crippen molar-refractivity contribution in [3.63, 3.8) is 0 Å². The number of hydrogen-bond donors (Lipinski definition) is 0. The van der Waals surface area contributed by atoms with E-state index >= 15 is 0 Å². The van der Waals surface area contributed by atoms with Crippen LogP contribution in [0.2, 0.25) is 0 Å². The van der Waals surface area contributed by atoms with Crippen molar-refractivity contribution in [2.75, 3.05) is 0 Å². The quantitative estimate of drug-likeness (QED) is 0.131. The van der Waals surface area contributed by atoms with Gasteiger partial charge in [0.2, 0.25) is 0 Å². The van der Waals surface area contributed by atoms with Crippen LogP contribution in [0.5, 0.6) is 0 Å². The van der Waals surface area contributed by atoms with Crippen molar-refractivity contribution in [1.82, 2.24) is 9.97 Å². The minimum absolute atomic E-state index is 0. The molecule has 253 valence electrons. The summed E-state index contributed by atoms with van der Waals surface area (Å²) in [4.78, 5) is 8.44. The van der Waals surface area contributed by atoms with Crippen LogP contribution in [0.25, 0.3) is 66.0 Å². The van der Waals surface area contributed by atoms with Crippen LogP contribution in [-0.2, 0) is 26.5 Å². The fourth-order valence-electron chi connectivity index (χ4n) is 5.69. The Labute approximate surface area is 313 Å². The summed E-state index contributed by atoms with van der Waals surface area (Å²) in [5, 5.41) is 5.86. The van der Waals surface area contributed by atoms with Crippen LogP contribution in [0.3, 0.4) is 0 Å². The van der Waals surface area contributed by atoms with E-state index in [-0.39, 0.29) is 42.5 Å². The van der Waals surface area contributed by atoms with Gasteiger partial charge in [0.1, 0.15) is 5.58 Å². The molecular weight excluding hydrogens is 810 g/mol. The average Bonchev–Trinajstić information content (AvgIpc) is 3.56. The number of rotatable bonds is 4. The Morgan fingerprint density at radius 2 is 1.52 bits per heavy atom. The van der Waals surface area contributed by atoms with Gasteiger partial charge < -0.3 is 14.4 Å².